The Labute approximate surface area is 536 Å². The van der Waals surface area contributed by atoms with E-state index in [4.69, 9.17) is 9.47 Å². The Kier molecular flexibility index (Phi) is 73.3. The first kappa shape index (κ1) is 82.8. The Hall–Kier alpha value is -3.18. The minimum absolute atomic E-state index is 0.0688. The van der Waals surface area contributed by atoms with Gasteiger partial charge in [0.15, 0.2) is 6.10 Å². The Morgan fingerprint density at radius 1 is 0.279 bits per heavy atom. The molecule has 0 rings (SSSR count). The predicted octanol–water partition coefficient (Wildman–Crippen LogP) is 26.5. The van der Waals surface area contributed by atoms with E-state index in [9.17, 15) is 14.7 Å². The van der Waals surface area contributed by atoms with Crippen LogP contribution in [0.25, 0.3) is 0 Å². The first-order chi connectivity index (χ1) is 42.6. The molecule has 0 aliphatic heterocycles. The van der Waals surface area contributed by atoms with E-state index in [0.29, 0.717) is 12.8 Å². The fourth-order valence-corrected chi connectivity index (χ4v) is 11.2. The Bertz CT molecular complexity index is 1600. The lowest BCUT2D eigenvalue weighted by Gasteiger charge is -2.15. The van der Waals surface area contributed by atoms with Gasteiger partial charge in [-0.15, -0.1) is 0 Å². The highest BCUT2D eigenvalue weighted by molar-refractivity contribution is 5.70. The summed E-state index contributed by atoms with van der Waals surface area (Å²) < 4.78 is 10.8. The summed E-state index contributed by atoms with van der Waals surface area (Å²) in [6.07, 6.45) is 109. The maximum absolute atomic E-state index is 12.4. The van der Waals surface area contributed by atoms with Crippen molar-refractivity contribution >= 4 is 11.9 Å². The Morgan fingerprint density at radius 3 is 0.767 bits per heavy atom. The second kappa shape index (κ2) is 76.1. The highest BCUT2D eigenvalue weighted by atomic mass is 16.6. The van der Waals surface area contributed by atoms with E-state index in [1.165, 1.54) is 270 Å². The molecule has 0 aromatic carbocycles. The van der Waals surface area contributed by atoms with E-state index in [1.807, 2.05) is 0 Å². The van der Waals surface area contributed by atoms with E-state index in [0.717, 1.165) is 89.9 Å². The summed E-state index contributed by atoms with van der Waals surface area (Å²) in [6, 6.07) is 0. The molecule has 0 radical (unpaired) electrons. The molecule has 0 bridgehead atoms. The summed E-state index contributed by atoms with van der Waals surface area (Å²) in [7, 11) is 0. The van der Waals surface area contributed by atoms with Crippen molar-refractivity contribution in [2.24, 2.45) is 0 Å². The van der Waals surface area contributed by atoms with Crippen LogP contribution in [0.5, 0.6) is 0 Å². The standard InChI is InChI=1S/C81H144O5/c1-3-5-7-9-11-13-15-17-19-21-23-25-27-29-31-33-35-36-37-38-39-40-41-42-43-44-46-47-49-51-53-55-57-59-61-63-65-67-69-71-73-75-80(83)85-78-79(77-82)86-81(84)76-74-72-70-68-66-64-62-60-58-56-54-52-50-48-45-34-32-30-28-26-24-22-20-18-16-14-12-10-8-6-4-2/h6,8,12,14,18,20-21,23-24,26,30,32,45,48,52,54,79,82H,3-5,7,9-11,13,15-17,19,22,25,27-29,31,33-44,46-47,49-51,53,55-78H2,1-2H3/b8-6-,14-12-,20-18-,23-21-,26-24-,32-30-,48-45-,54-52-. The van der Waals surface area contributed by atoms with Crippen molar-refractivity contribution in [2.45, 2.75) is 392 Å². The third-order valence-electron chi connectivity index (χ3n) is 16.9. The van der Waals surface area contributed by atoms with Crippen molar-refractivity contribution in [3.05, 3.63) is 97.2 Å². The molecule has 86 heavy (non-hydrogen) atoms. The molecule has 0 spiro atoms. The number of carbonyl (C=O) groups is 2. The normalized spacial score (nSPS) is 12.7. The summed E-state index contributed by atoms with van der Waals surface area (Å²) in [5.74, 6) is -0.585. The fourth-order valence-electron chi connectivity index (χ4n) is 11.2. The molecule has 0 aliphatic rings. The molecule has 1 N–H and O–H groups in total. The van der Waals surface area contributed by atoms with Crippen molar-refractivity contribution in [1.29, 1.82) is 0 Å². The fraction of sp³-hybridized carbons (Fsp3) is 0.778. The molecule has 0 saturated heterocycles. The van der Waals surface area contributed by atoms with Gasteiger partial charge in [0.2, 0.25) is 0 Å². The molecular formula is C81H144O5. The van der Waals surface area contributed by atoms with Crippen molar-refractivity contribution in [3.63, 3.8) is 0 Å². The number of unbranched alkanes of at least 4 members (excludes halogenated alkanes) is 46. The molecule has 5 nitrogen and oxygen atoms in total. The third-order valence-corrected chi connectivity index (χ3v) is 16.9. The topological polar surface area (TPSA) is 72.8 Å². The highest BCUT2D eigenvalue weighted by Crippen LogP contribution is 2.19. The van der Waals surface area contributed by atoms with E-state index in [-0.39, 0.29) is 25.2 Å². The SMILES string of the molecule is CC/C=C\C/C=C\C/C=C\C/C=C\C/C=C\C/C=C\C/C=C\CCCCCCCCCCCC(=O)OC(CO)COC(=O)CCCCCCCCCCCCCCCCCCCCCCCCCCCCCCC/C=C\CCCCCCCCCC. The zero-order valence-electron chi connectivity index (χ0n) is 57.3. The maximum atomic E-state index is 12.4. The van der Waals surface area contributed by atoms with Crippen LogP contribution in [0.4, 0.5) is 0 Å². The summed E-state index contributed by atoms with van der Waals surface area (Å²) in [6.45, 7) is 4.06. The average molecular weight is 1200 g/mol. The summed E-state index contributed by atoms with van der Waals surface area (Å²) >= 11 is 0. The number of rotatable bonds is 70. The number of ether oxygens (including phenoxy) is 2. The maximum Gasteiger partial charge on any atom is 0.306 e. The van der Waals surface area contributed by atoms with Gasteiger partial charge in [-0.25, -0.2) is 0 Å². The lowest BCUT2D eigenvalue weighted by Crippen LogP contribution is -2.28. The van der Waals surface area contributed by atoms with E-state index >= 15 is 0 Å². The third kappa shape index (κ3) is 73.3. The van der Waals surface area contributed by atoms with Crippen molar-refractivity contribution in [2.75, 3.05) is 13.2 Å². The van der Waals surface area contributed by atoms with E-state index in [2.05, 4.69) is 111 Å². The quantitative estimate of drug-likeness (QED) is 0.0373. The van der Waals surface area contributed by atoms with Crippen molar-refractivity contribution in [1.82, 2.24) is 0 Å². The number of hydrogen-bond acceptors (Lipinski definition) is 5. The zero-order valence-corrected chi connectivity index (χ0v) is 57.3. The number of allylic oxidation sites excluding steroid dienone is 16. The number of esters is 2. The van der Waals surface area contributed by atoms with Crippen LogP contribution in [0.2, 0.25) is 0 Å². The van der Waals surface area contributed by atoms with Gasteiger partial charge < -0.3 is 14.6 Å². The van der Waals surface area contributed by atoms with Gasteiger partial charge in [-0.1, -0.05) is 374 Å². The van der Waals surface area contributed by atoms with Gasteiger partial charge in [0.05, 0.1) is 6.61 Å². The highest BCUT2D eigenvalue weighted by Gasteiger charge is 2.16. The summed E-state index contributed by atoms with van der Waals surface area (Å²) in [5.41, 5.74) is 0. The molecule has 0 amide bonds. The number of aliphatic hydroxyl groups excluding tert-OH is 1. The van der Waals surface area contributed by atoms with Crippen LogP contribution in [0.3, 0.4) is 0 Å². The van der Waals surface area contributed by atoms with Crippen molar-refractivity contribution in [3.8, 4) is 0 Å². The molecule has 498 valence electrons. The zero-order chi connectivity index (χ0) is 61.9. The van der Waals surface area contributed by atoms with Gasteiger partial charge in [-0.3, -0.25) is 9.59 Å². The molecule has 5 heteroatoms. The number of hydrogen-bond donors (Lipinski definition) is 1. The van der Waals surface area contributed by atoms with Crippen LogP contribution in [-0.2, 0) is 19.1 Å². The summed E-state index contributed by atoms with van der Waals surface area (Å²) in [4.78, 5) is 24.7. The Morgan fingerprint density at radius 2 is 0.500 bits per heavy atom. The monoisotopic (exact) mass is 1200 g/mol. The van der Waals surface area contributed by atoms with Gasteiger partial charge in [-0.05, 0) is 96.3 Å². The lowest BCUT2D eigenvalue weighted by atomic mass is 10.0. The van der Waals surface area contributed by atoms with Gasteiger partial charge in [0.25, 0.3) is 0 Å². The first-order valence-electron chi connectivity index (χ1n) is 37.8. The lowest BCUT2D eigenvalue weighted by molar-refractivity contribution is -0.161. The van der Waals surface area contributed by atoms with Crippen LogP contribution in [-0.4, -0.2) is 36.4 Å². The number of aliphatic hydroxyl groups is 1. The first-order valence-corrected chi connectivity index (χ1v) is 37.8. The van der Waals surface area contributed by atoms with Crippen LogP contribution >= 0.6 is 0 Å². The van der Waals surface area contributed by atoms with Gasteiger partial charge in [0, 0.05) is 12.8 Å². The minimum Gasteiger partial charge on any atom is -0.462 e. The van der Waals surface area contributed by atoms with Gasteiger partial charge in [-0.2, -0.15) is 0 Å². The summed E-state index contributed by atoms with van der Waals surface area (Å²) in [5, 5.41) is 9.71. The second-order valence-corrected chi connectivity index (χ2v) is 25.3. The van der Waals surface area contributed by atoms with Crippen LogP contribution in [0, 0.1) is 0 Å². The van der Waals surface area contributed by atoms with Gasteiger partial charge >= 0.3 is 11.9 Å². The smallest absolute Gasteiger partial charge is 0.306 e. The van der Waals surface area contributed by atoms with Crippen molar-refractivity contribution < 1.29 is 24.2 Å². The Balaban J connectivity index is 3.42. The molecule has 0 aliphatic carbocycles. The average Bonchev–Trinajstić information content (AvgIpc) is 3.55. The molecule has 1 unspecified atom stereocenters. The van der Waals surface area contributed by atoms with E-state index < -0.39 is 6.10 Å². The van der Waals surface area contributed by atoms with Crippen LogP contribution < -0.4 is 0 Å². The molecule has 0 aromatic heterocycles. The van der Waals surface area contributed by atoms with Crippen LogP contribution in [0.15, 0.2) is 97.2 Å². The minimum atomic E-state index is -0.781. The van der Waals surface area contributed by atoms with E-state index in [1.54, 1.807) is 0 Å². The molecular weight excluding hydrogens is 1050 g/mol. The largest absolute Gasteiger partial charge is 0.462 e. The van der Waals surface area contributed by atoms with Gasteiger partial charge in [0.1, 0.15) is 6.61 Å². The molecule has 0 fully saturated rings. The molecule has 1 atom stereocenters. The predicted molar refractivity (Wildman–Crippen MR) is 380 cm³/mol. The molecule has 0 heterocycles. The van der Waals surface area contributed by atoms with Crippen LogP contribution in [0.1, 0.15) is 386 Å². The second-order valence-electron chi connectivity index (χ2n) is 25.3. The number of carbonyl (C=O) groups excluding carboxylic acids is 2. The molecule has 0 aromatic rings. The molecule has 0 saturated carbocycles.